The molecule has 0 saturated heterocycles. The Morgan fingerprint density at radius 1 is 0.800 bits per heavy atom. The van der Waals surface area contributed by atoms with E-state index < -0.39 is 11.6 Å². The van der Waals surface area contributed by atoms with Gasteiger partial charge in [0.05, 0.1) is 13.2 Å². The lowest BCUT2D eigenvalue weighted by molar-refractivity contribution is -0.199. The molecule has 2 aliphatic rings. The second kappa shape index (κ2) is 5.76. The van der Waals surface area contributed by atoms with E-state index >= 15 is 0 Å². The van der Waals surface area contributed by atoms with Gasteiger partial charge in [-0.25, -0.2) is 0 Å². The summed E-state index contributed by atoms with van der Waals surface area (Å²) in [6.45, 7) is 9.31. The SMILES string of the molecule is COC(C)(C)OCC1C/C1=C1\CC1COC(C)(C)OC. The molecule has 0 spiro atoms. The van der Waals surface area contributed by atoms with E-state index in [0.29, 0.717) is 11.8 Å². The molecule has 4 heteroatoms. The van der Waals surface area contributed by atoms with Gasteiger partial charge in [-0.15, -0.1) is 0 Å². The highest BCUT2D eigenvalue weighted by Crippen LogP contribution is 2.52. The van der Waals surface area contributed by atoms with Crippen molar-refractivity contribution < 1.29 is 18.9 Å². The summed E-state index contributed by atoms with van der Waals surface area (Å²) in [6, 6.07) is 0. The van der Waals surface area contributed by atoms with Crippen molar-refractivity contribution in [2.45, 2.75) is 52.1 Å². The first-order valence-corrected chi connectivity index (χ1v) is 7.38. The minimum absolute atomic E-state index is 0.479. The Morgan fingerprint density at radius 3 is 1.45 bits per heavy atom. The largest absolute Gasteiger partial charge is 0.354 e. The fraction of sp³-hybridized carbons (Fsp3) is 0.875. The molecule has 0 aromatic carbocycles. The van der Waals surface area contributed by atoms with Crippen molar-refractivity contribution in [2.75, 3.05) is 27.4 Å². The van der Waals surface area contributed by atoms with Crippen LogP contribution in [0.3, 0.4) is 0 Å². The van der Waals surface area contributed by atoms with Crippen molar-refractivity contribution in [1.29, 1.82) is 0 Å². The van der Waals surface area contributed by atoms with Crippen LogP contribution in [-0.2, 0) is 18.9 Å². The van der Waals surface area contributed by atoms with Crippen LogP contribution in [-0.4, -0.2) is 39.0 Å². The second-order valence-corrected chi connectivity index (χ2v) is 6.68. The number of methoxy groups -OCH3 is 2. The van der Waals surface area contributed by atoms with Crippen LogP contribution in [0.15, 0.2) is 11.1 Å². The van der Waals surface area contributed by atoms with Gasteiger partial charge in [-0.3, -0.25) is 0 Å². The van der Waals surface area contributed by atoms with Crippen molar-refractivity contribution in [3.63, 3.8) is 0 Å². The van der Waals surface area contributed by atoms with Crippen molar-refractivity contribution >= 4 is 0 Å². The summed E-state index contributed by atoms with van der Waals surface area (Å²) in [4.78, 5) is 0. The molecule has 2 saturated carbocycles. The highest BCUT2D eigenvalue weighted by atomic mass is 16.7. The molecule has 2 aliphatic carbocycles. The lowest BCUT2D eigenvalue weighted by Crippen LogP contribution is -2.27. The minimum atomic E-state index is -0.479. The van der Waals surface area contributed by atoms with Gasteiger partial charge in [0.1, 0.15) is 0 Å². The Labute approximate surface area is 122 Å². The molecule has 0 heterocycles. The van der Waals surface area contributed by atoms with Crippen LogP contribution in [0.25, 0.3) is 0 Å². The van der Waals surface area contributed by atoms with Gasteiger partial charge in [-0.05, 0) is 40.5 Å². The van der Waals surface area contributed by atoms with Gasteiger partial charge in [-0.1, -0.05) is 11.1 Å². The highest BCUT2D eigenvalue weighted by Gasteiger charge is 2.43. The summed E-state index contributed by atoms with van der Waals surface area (Å²) in [7, 11) is 3.36. The Bertz CT molecular complexity index is 348. The monoisotopic (exact) mass is 284 g/mol. The van der Waals surface area contributed by atoms with Gasteiger partial charge >= 0.3 is 0 Å². The summed E-state index contributed by atoms with van der Waals surface area (Å²) < 4.78 is 22.1. The standard InChI is InChI=1S/C16H28O4/c1-15(2,17-5)19-9-11-7-13(11)14-8-12(14)10-20-16(3,4)18-6/h11-12H,7-10H2,1-6H3/b14-13-. The molecule has 2 fully saturated rings. The molecule has 0 N–H and O–H groups in total. The molecule has 0 aliphatic heterocycles. The zero-order chi connectivity index (χ0) is 15.0. The third-order valence-electron chi connectivity index (χ3n) is 4.26. The van der Waals surface area contributed by atoms with Gasteiger partial charge in [0.25, 0.3) is 0 Å². The van der Waals surface area contributed by atoms with E-state index in [1.54, 1.807) is 25.4 Å². The van der Waals surface area contributed by atoms with Crippen LogP contribution >= 0.6 is 0 Å². The zero-order valence-corrected chi connectivity index (χ0v) is 13.6. The molecule has 2 unspecified atom stereocenters. The third kappa shape index (κ3) is 4.29. The predicted octanol–water partition coefficient (Wildman–Crippen LogP) is 3.12. The van der Waals surface area contributed by atoms with Crippen molar-refractivity contribution in [3.05, 3.63) is 11.1 Å². The molecule has 116 valence electrons. The highest BCUT2D eigenvalue weighted by molar-refractivity contribution is 5.40. The molecule has 20 heavy (non-hydrogen) atoms. The van der Waals surface area contributed by atoms with E-state index in [1.807, 2.05) is 27.7 Å². The smallest absolute Gasteiger partial charge is 0.162 e. The van der Waals surface area contributed by atoms with Crippen LogP contribution in [0.4, 0.5) is 0 Å². The maximum absolute atomic E-state index is 5.77. The molecular weight excluding hydrogens is 256 g/mol. The Morgan fingerprint density at radius 2 is 1.15 bits per heavy atom. The fourth-order valence-corrected chi connectivity index (χ4v) is 2.24. The van der Waals surface area contributed by atoms with E-state index in [2.05, 4.69) is 0 Å². The first kappa shape index (κ1) is 16.0. The summed E-state index contributed by atoms with van der Waals surface area (Å²) in [5.41, 5.74) is 3.17. The van der Waals surface area contributed by atoms with Crippen LogP contribution in [0.5, 0.6) is 0 Å². The summed E-state index contributed by atoms with van der Waals surface area (Å²) >= 11 is 0. The van der Waals surface area contributed by atoms with Gasteiger partial charge in [0, 0.05) is 26.1 Å². The number of hydrogen-bond donors (Lipinski definition) is 0. The van der Waals surface area contributed by atoms with Crippen molar-refractivity contribution in [2.24, 2.45) is 11.8 Å². The zero-order valence-electron chi connectivity index (χ0n) is 13.6. The maximum atomic E-state index is 5.77. The quantitative estimate of drug-likeness (QED) is 0.507. The van der Waals surface area contributed by atoms with Gasteiger partial charge in [-0.2, -0.15) is 0 Å². The van der Waals surface area contributed by atoms with Gasteiger partial charge < -0.3 is 18.9 Å². The molecule has 0 aromatic heterocycles. The normalized spacial score (nSPS) is 29.7. The van der Waals surface area contributed by atoms with Crippen LogP contribution in [0.2, 0.25) is 0 Å². The Hall–Kier alpha value is -0.420. The van der Waals surface area contributed by atoms with Crippen LogP contribution in [0, 0.1) is 11.8 Å². The average molecular weight is 284 g/mol. The molecule has 0 amide bonds. The molecule has 0 bridgehead atoms. The number of hydrogen-bond acceptors (Lipinski definition) is 4. The maximum Gasteiger partial charge on any atom is 0.162 e. The fourth-order valence-electron chi connectivity index (χ4n) is 2.24. The summed E-state index contributed by atoms with van der Waals surface area (Å²) in [5.74, 6) is 0.236. The summed E-state index contributed by atoms with van der Waals surface area (Å²) in [5, 5.41) is 0. The summed E-state index contributed by atoms with van der Waals surface area (Å²) in [6.07, 6.45) is 2.36. The van der Waals surface area contributed by atoms with E-state index in [1.165, 1.54) is 12.8 Å². The average Bonchev–Trinajstić information content (AvgIpc) is 3.27. The molecule has 2 atom stereocenters. The van der Waals surface area contributed by atoms with E-state index in [4.69, 9.17) is 18.9 Å². The predicted molar refractivity (Wildman–Crippen MR) is 77.3 cm³/mol. The van der Waals surface area contributed by atoms with Gasteiger partial charge in [0.2, 0.25) is 0 Å². The lowest BCUT2D eigenvalue weighted by Gasteiger charge is -2.23. The molecular formula is C16H28O4. The number of ether oxygens (including phenoxy) is 4. The Balaban J connectivity index is 1.71. The topological polar surface area (TPSA) is 36.9 Å². The lowest BCUT2D eigenvalue weighted by atomic mass is 10.3. The minimum Gasteiger partial charge on any atom is -0.354 e. The second-order valence-electron chi connectivity index (χ2n) is 6.68. The first-order valence-electron chi connectivity index (χ1n) is 7.38. The van der Waals surface area contributed by atoms with Crippen LogP contribution in [0.1, 0.15) is 40.5 Å². The molecule has 0 radical (unpaired) electrons. The van der Waals surface area contributed by atoms with Crippen molar-refractivity contribution in [1.82, 2.24) is 0 Å². The molecule has 4 nitrogen and oxygen atoms in total. The van der Waals surface area contributed by atoms with Crippen LogP contribution < -0.4 is 0 Å². The van der Waals surface area contributed by atoms with E-state index in [9.17, 15) is 0 Å². The van der Waals surface area contributed by atoms with Crippen molar-refractivity contribution in [3.8, 4) is 0 Å². The Kier molecular flexibility index (Phi) is 4.59. The van der Waals surface area contributed by atoms with E-state index in [0.717, 1.165) is 13.2 Å². The third-order valence-corrected chi connectivity index (χ3v) is 4.26. The number of rotatable bonds is 8. The van der Waals surface area contributed by atoms with Gasteiger partial charge in [0.15, 0.2) is 11.6 Å². The first-order chi connectivity index (χ1) is 9.28. The molecule has 0 aromatic rings. The van der Waals surface area contributed by atoms with E-state index in [-0.39, 0.29) is 0 Å². The molecule has 2 rings (SSSR count).